The van der Waals surface area contributed by atoms with E-state index >= 15 is 0 Å². The van der Waals surface area contributed by atoms with Crippen LogP contribution < -0.4 is 5.56 Å². The highest BCUT2D eigenvalue weighted by Gasteiger charge is 1.89. The van der Waals surface area contributed by atoms with Crippen molar-refractivity contribution in [3.8, 4) is 0 Å². The Hall–Kier alpha value is -0.0300. The van der Waals surface area contributed by atoms with Crippen LogP contribution in [0.25, 0.3) is 0 Å². The second-order valence-corrected chi connectivity index (χ2v) is 2.97. The van der Waals surface area contributed by atoms with Crippen LogP contribution in [0.2, 0.25) is 5.02 Å². The topological polar surface area (TPSA) is 22.0 Å². The third kappa shape index (κ3) is 1.69. The average Bonchev–Trinajstić information content (AvgIpc) is 1.80. The van der Waals surface area contributed by atoms with Gasteiger partial charge in [0.05, 0.1) is 22.9 Å². The predicted molar refractivity (Wildman–Crippen MR) is 45.1 cm³/mol. The van der Waals surface area contributed by atoms with E-state index in [1.807, 2.05) is 22.9 Å². The summed E-state index contributed by atoms with van der Waals surface area (Å²) < 4.78 is 1.43. The number of rotatable bonds is 0. The zero-order valence-electron chi connectivity index (χ0n) is 4.34. The van der Waals surface area contributed by atoms with Crippen molar-refractivity contribution in [1.29, 1.82) is 0 Å². The monoisotopic (exact) mass is 255 g/mol. The molecule has 1 heterocycles. The Morgan fingerprint density at radius 1 is 1.67 bits per heavy atom. The summed E-state index contributed by atoms with van der Waals surface area (Å²) in [4.78, 5) is 10.7. The quantitative estimate of drug-likeness (QED) is 0.647. The normalized spacial score (nSPS) is 9.56. The van der Waals surface area contributed by atoms with Crippen molar-refractivity contribution in [3.63, 3.8) is 0 Å². The number of aromatic nitrogens is 1. The van der Waals surface area contributed by atoms with Crippen molar-refractivity contribution < 1.29 is 0 Å². The molecule has 0 bridgehead atoms. The van der Waals surface area contributed by atoms with Crippen molar-refractivity contribution in [2.24, 2.45) is 0 Å². The van der Waals surface area contributed by atoms with Crippen molar-refractivity contribution in [2.75, 3.05) is 0 Å². The summed E-state index contributed by atoms with van der Waals surface area (Å²) >= 11 is 7.39. The molecular formula is C5H3ClINO. The minimum absolute atomic E-state index is 0.0944. The first-order valence-electron chi connectivity index (χ1n) is 2.24. The zero-order chi connectivity index (χ0) is 6.85. The van der Waals surface area contributed by atoms with Crippen LogP contribution in [0, 0.1) is 0 Å². The van der Waals surface area contributed by atoms with Crippen LogP contribution in [0.15, 0.2) is 23.1 Å². The SMILES string of the molecule is O=c1cc(Cl)ccn1I. The third-order valence-corrected chi connectivity index (χ3v) is 1.87. The van der Waals surface area contributed by atoms with Gasteiger partial charge >= 0.3 is 0 Å². The zero-order valence-corrected chi connectivity index (χ0v) is 7.26. The lowest BCUT2D eigenvalue weighted by molar-refractivity contribution is 1.20. The second kappa shape index (κ2) is 2.70. The van der Waals surface area contributed by atoms with E-state index in [4.69, 9.17) is 11.6 Å². The van der Waals surface area contributed by atoms with E-state index in [-0.39, 0.29) is 5.56 Å². The maximum Gasteiger partial charge on any atom is 0.260 e. The van der Waals surface area contributed by atoms with Gasteiger partial charge in [-0.05, 0) is 6.07 Å². The van der Waals surface area contributed by atoms with Crippen LogP contribution in [-0.2, 0) is 0 Å². The fourth-order valence-corrected chi connectivity index (χ4v) is 0.888. The van der Waals surface area contributed by atoms with Crippen molar-refractivity contribution >= 4 is 34.5 Å². The van der Waals surface area contributed by atoms with Gasteiger partial charge in [0.25, 0.3) is 5.56 Å². The number of nitrogens with zero attached hydrogens (tertiary/aromatic N) is 1. The van der Waals surface area contributed by atoms with Gasteiger partial charge in [-0.1, -0.05) is 11.6 Å². The van der Waals surface area contributed by atoms with Gasteiger partial charge in [-0.3, -0.25) is 7.58 Å². The van der Waals surface area contributed by atoms with Crippen molar-refractivity contribution in [1.82, 2.24) is 2.78 Å². The molecule has 0 aliphatic heterocycles. The van der Waals surface area contributed by atoms with E-state index in [0.717, 1.165) is 0 Å². The fraction of sp³-hybridized carbons (Fsp3) is 0. The molecule has 2 nitrogen and oxygen atoms in total. The van der Waals surface area contributed by atoms with Crippen LogP contribution in [0.4, 0.5) is 0 Å². The van der Waals surface area contributed by atoms with Gasteiger partial charge in [-0.2, -0.15) is 0 Å². The number of hydrogen-bond acceptors (Lipinski definition) is 1. The first-order chi connectivity index (χ1) is 4.20. The van der Waals surface area contributed by atoms with Gasteiger partial charge in [-0.15, -0.1) is 0 Å². The first-order valence-corrected chi connectivity index (χ1v) is 3.59. The van der Waals surface area contributed by atoms with Gasteiger partial charge in [0.2, 0.25) is 0 Å². The van der Waals surface area contributed by atoms with Crippen molar-refractivity contribution in [3.05, 3.63) is 33.7 Å². The van der Waals surface area contributed by atoms with Crippen molar-refractivity contribution in [2.45, 2.75) is 0 Å². The summed E-state index contributed by atoms with van der Waals surface area (Å²) in [5.74, 6) is 0. The molecule has 0 radical (unpaired) electrons. The number of pyridine rings is 1. The highest BCUT2D eigenvalue weighted by molar-refractivity contribution is 14.1. The first kappa shape index (κ1) is 7.08. The van der Waals surface area contributed by atoms with Crippen LogP contribution >= 0.6 is 34.5 Å². The van der Waals surface area contributed by atoms with E-state index in [0.29, 0.717) is 5.02 Å². The average molecular weight is 255 g/mol. The molecule has 0 spiro atoms. The van der Waals surface area contributed by atoms with E-state index in [9.17, 15) is 4.79 Å². The molecule has 0 aliphatic rings. The minimum atomic E-state index is -0.0944. The number of hydrogen-bond donors (Lipinski definition) is 0. The molecule has 0 fully saturated rings. The molecule has 48 valence electrons. The van der Waals surface area contributed by atoms with Crippen LogP contribution in [-0.4, -0.2) is 2.78 Å². The van der Waals surface area contributed by atoms with Crippen LogP contribution in [0.3, 0.4) is 0 Å². The Morgan fingerprint density at radius 2 is 2.33 bits per heavy atom. The van der Waals surface area contributed by atoms with Gasteiger partial charge in [0.1, 0.15) is 0 Å². The maximum atomic E-state index is 10.7. The largest absolute Gasteiger partial charge is 0.269 e. The summed E-state index contributed by atoms with van der Waals surface area (Å²) in [7, 11) is 0. The maximum absolute atomic E-state index is 10.7. The highest BCUT2D eigenvalue weighted by Crippen LogP contribution is 2.02. The summed E-state index contributed by atoms with van der Waals surface area (Å²) in [6, 6.07) is 3.03. The fourth-order valence-electron chi connectivity index (χ4n) is 0.438. The highest BCUT2D eigenvalue weighted by atomic mass is 127. The lowest BCUT2D eigenvalue weighted by Crippen LogP contribution is -2.08. The standard InChI is InChI=1S/C5H3ClINO/c6-4-1-2-8(7)5(9)3-4/h1-3H. The molecule has 1 rings (SSSR count). The van der Waals surface area contributed by atoms with Crippen LogP contribution in [0.1, 0.15) is 0 Å². The third-order valence-electron chi connectivity index (χ3n) is 0.837. The van der Waals surface area contributed by atoms with E-state index in [2.05, 4.69) is 0 Å². The molecule has 9 heavy (non-hydrogen) atoms. The minimum Gasteiger partial charge on any atom is -0.269 e. The Morgan fingerprint density at radius 3 is 2.78 bits per heavy atom. The Kier molecular flexibility index (Phi) is 2.13. The summed E-state index contributed by atoms with van der Waals surface area (Å²) in [5, 5.41) is 0.480. The molecule has 0 saturated carbocycles. The molecule has 0 aliphatic carbocycles. The lowest BCUT2D eigenvalue weighted by Gasteiger charge is -1.90. The number of halogens is 2. The molecule has 0 atom stereocenters. The molecule has 0 saturated heterocycles. The van der Waals surface area contributed by atoms with Gasteiger partial charge in [-0.25, -0.2) is 0 Å². The Labute approximate surface area is 70.9 Å². The lowest BCUT2D eigenvalue weighted by atomic mass is 10.5. The van der Waals surface area contributed by atoms with E-state index < -0.39 is 0 Å². The van der Waals surface area contributed by atoms with Gasteiger partial charge in [0.15, 0.2) is 0 Å². The summed E-state index contributed by atoms with van der Waals surface area (Å²) in [5.41, 5.74) is -0.0944. The molecule has 1 aromatic heterocycles. The molecule has 0 aromatic carbocycles. The molecular weight excluding hydrogens is 252 g/mol. The molecule has 4 heteroatoms. The smallest absolute Gasteiger partial charge is 0.260 e. The molecule has 1 aromatic rings. The summed E-state index contributed by atoms with van der Waals surface area (Å²) in [6.07, 6.45) is 1.62. The van der Waals surface area contributed by atoms with Crippen LogP contribution in [0.5, 0.6) is 0 Å². The molecule has 0 N–H and O–H groups in total. The molecule has 0 unspecified atom stereocenters. The van der Waals surface area contributed by atoms with E-state index in [1.165, 1.54) is 8.85 Å². The van der Waals surface area contributed by atoms with E-state index in [1.54, 1.807) is 12.3 Å². The summed E-state index contributed by atoms with van der Waals surface area (Å²) in [6.45, 7) is 0. The second-order valence-electron chi connectivity index (χ2n) is 1.49. The Balaban J connectivity index is 3.34. The molecule has 0 amide bonds. The Bertz CT molecular complexity index is 270. The van der Waals surface area contributed by atoms with Gasteiger partial charge < -0.3 is 0 Å². The predicted octanol–water partition coefficient (Wildman–Crippen LogP) is 1.70. The van der Waals surface area contributed by atoms with Gasteiger partial charge in [0, 0.05) is 17.3 Å².